The second-order valence-corrected chi connectivity index (χ2v) is 12.8. The van der Waals surface area contributed by atoms with Gasteiger partial charge in [0.05, 0.1) is 22.3 Å². The van der Waals surface area contributed by atoms with Gasteiger partial charge in [-0.3, -0.25) is 9.69 Å². The van der Waals surface area contributed by atoms with Crippen LogP contribution >= 0.6 is 0 Å². The maximum atomic E-state index is 15.1. The van der Waals surface area contributed by atoms with Crippen LogP contribution in [0.1, 0.15) is 72.9 Å². The molecule has 0 spiro atoms. The van der Waals surface area contributed by atoms with Gasteiger partial charge in [0.1, 0.15) is 17.7 Å². The lowest BCUT2D eigenvalue weighted by atomic mass is 9.88. The highest BCUT2D eigenvalue weighted by atomic mass is 19.1. The van der Waals surface area contributed by atoms with Crippen LogP contribution in [0.25, 0.3) is 27.8 Å². The van der Waals surface area contributed by atoms with E-state index in [9.17, 15) is 9.90 Å². The molecule has 0 radical (unpaired) electrons. The van der Waals surface area contributed by atoms with E-state index >= 15 is 4.39 Å². The number of carbonyl (C=O) groups is 1. The maximum absolute atomic E-state index is 15.1. The van der Waals surface area contributed by atoms with Crippen LogP contribution < -0.4 is 5.73 Å². The van der Waals surface area contributed by atoms with Crippen molar-refractivity contribution in [3.8, 4) is 11.4 Å². The zero-order valence-corrected chi connectivity index (χ0v) is 24.6. The summed E-state index contributed by atoms with van der Waals surface area (Å²) in [7, 11) is 0. The van der Waals surface area contributed by atoms with E-state index in [1.807, 2.05) is 34.7 Å². The molecule has 9 heteroatoms. The van der Waals surface area contributed by atoms with Gasteiger partial charge in [-0.25, -0.2) is 8.91 Å². The molecule has 3 aromatic heterocycles. The van der Waals surface area contributed by atoms with Crippen molar-refractivity contribution in [1.82, 2.24) is 24.0 Å². The lowest BCUT2D eigenvalue weighted by Gasteiger charge is -2.34. The van der Waals surface area contributed by atoms with Crippen LogP contribution in [-0.2, 0) is 6.54 Å². The van der Waals surface area contributed by atoms with Crippen molar-refractivity contribution in [2.45, 2.75) is 77.1 Å². The molecule has 42 heavy (non-hydrogen) atoms. The first-order valence-electron chi connectivity index (χ1n) is 15.6. The van der Waals surface area contributed by atoms with E-state index in [2.05, 4.69) is 22.5 Å². The summed E-state index contributed by atoms with van der Waals surface area (Å²) in [5.41, 5.74) is 12.8. The number of rotatable bonds is 6. The minimum absolute atomic E-state index is 0.00800. The van der Waals surface area contributed by atoms with Crippen molar-refractivity contribution in [3.05, 3.63) is 59.0 Å². The molecule has 222 valence electrons. The normalized spacial score (nSPS) is 21.5. The third-order valence-corrected chi connectivity index (χ3v) is 9.73. The summed E-state index contributed by atoms with van der Waals surface area (Å²) in [4.78, 5) is 17.2. The van der Waals surface area contributed by atoms with Gasteiger partial charge in [-0.1, -0.05) is 0 Å². The van der Waals surface area contributed by atoms with E-state index in [1.165, 1.54) is 12.8 Å². The Kier molecular flexibility index (Phi) is 7.07. The molecule has 7 rings (SSSR count). The Morgan fingerprint density at radius 1 is 1.12 bits per heavy atom. The lowest BCUT2D eigenvalue weighted by Crippen LogP contribution is -2.45. The van der Waals surface area contributed by atoms with Gasteiger partial charge in [0.15, 0.2) is 0 Å². The van der Waals surface area contributed by atoms with Gasteiger partial charge in [-0.05, 0) is 100 Å². The first-order valence-corrected chi connectivity index (χ1v) is 15.6. The van der Waals surface area contributed by atoms with E-state index in [1.54, 1.807) is 12.1 Å². The minimum Gasteiger partial charge on any atom is -0.379 e. The Morgan fingerprint density at radius 3 is 2.62 bits per heavy atom. The van der Waals surface area contributed by atoms with E-state index < -0.39 is 6.23 Å². The van der Waals surface area contributed by atoms with Gasteiger partial charge in [-0.2, -0.15) is 5.10 Å². The fourth-order valence-corrected chi connectivity index (χ4v) is 7.17. The van der Waals surface area contributed by atoms with Gasteiger partial charge in [-0.15, -0.1) is 0 Å². The van der Waals surface area contributed by atoms with Crippen LogP contribution in [0.4, 0.5) is 4.39 Å². The zero-order valence-electron chi connectivity index (χ0n) is 24.6. The van der Waals surface area contributed by atoms with Gasteiger partial charge in [0, 0.05) is 55.9 Å². The fraction of sp³-hybridized carbons (Fsp3) is 0.515. The number of fused-ring (bicyclic) bond motifs is 2. The Hall–Kier alpha value is -3.27. The van der Waals surface area contributed by atoms with Gasteiger partial charge < -0.3 is 20.3 Å². The summed E-state index contributed by atoms with van der Waals surface area (Å²) >= 11 is 0. The molecule has 2 saturated heterocycles. The summed E-state index contributed by atoms with van der Waals surface area (Å²) in [6.45, 7) is 7.68. The summed E-state index contributed by atoms with van der Waals surface area (Å²) in [6, 6.07) is 9.39. The molecule has 1 amide bonds. The Morgan fingerprint density at radius 2 is 1.90 bits per heavy atom. The molecule has 8 nitrogen and oxygen atoms in total. The monoisotopic (exact) mass is 572 g/mol. The van der Waals surface area contributed by atoms with Crippen molar-refractivity contribution < 1.29 is 14.3 Å². The van der Waals surface area contributed by atoms with Gasteiger partial charge in [0.2, 0.25) is 0 Å². The number of aryl methyl sites for hydroxylation is 1. The fourth-order valence-electron chi connectivity index (χ4n) is 7.17. The highest BCUT2D eigenvalue weighted by molar-refractivity contribution is 5.95. The Bertz CT molecular complexity index is 1650. The Balaban J connectivity index is 1.30. The number of aromatic nitrogens is 3. The number of hydrogen-bond acceptors (Lipinski definition) is 5. The maximum Gasteiger partial charge on any atom is 0.255 e. The standard InChI is InChI=1S/C33H41FN6O2/c1-20-29-8-7-24(33(42)38-11-3-4-27(35)19-38)18-40(29)36-31(20)30-15-25-14-26(34)16-28(32(25)39(30)17-22-5-6-22)23-9-12-37(13-10-23)21(2)41/h7-8,14-16,18,21-23,27,41H,3-6,9-13,17,19,35H2,1-2H3/t21?,27-/m1/s1. The number of hydrogen-bond donors (Lipinski definition) is 2. The first kappa shape index (κ1) is 27.6. The van der Waals surface area contributed by atoms with E-state index in [-0.39, 0.29) is 23.7 Å². The average molecular weight is 573 g/mol. The van der Waals surface area contributed by atoms with E-state index in [4.69, 9.17) is 10.8 Å². The molecule has 0 bridgehead atoms. The topological polar surface area (TPSA) is 92.0 Å². The van der Waals surface area contributed by atoms with Crippen LogP contribution in [0, 0.1) is 18.7 Å². The zero-order chi connectivity index (χ0) is 29.1. The molecule has 1 aliphatic carbocycles. The average Bonchev–Trinajstić information content (AvgIpc) is 3.66. The van der Waals surface area contributed by atoms with Gasteiger partial charge >= 0.3 is 0 Å². The van der Waals surface area contributed by atoms with Gasteiger partial charge in [0.25, 0.3) is 5.91 Å². The molecule has 5 heterocycles. The number of piperidine rings is 2. The largest absolute Gasteiger partial charge is 0.379 e. The predicted octanol–water partition coefficient (Wildman–Crippen LogP) is 4.89. The number of benzene rings is 1. The highest BCUT2D eigenvalue weighted by Crippen LogP contribution is 2.41. The quantitative estimate of drug-likeness (QED) is 0.343. The molecule has 2 atom stereocenters. The Labute approximate surface area is 245 Å². The summed E-state index contributed by atoms with van der Waals surface area (Å²) in [5, 5.41) is 16.0. The van der Waals surface area contributed by atoms with Crippen molar-refractivity contribution in [2.75, 3.05) is 26.2 Å². The highest BCUT2D eigenvalue weighted by Gasteiger charge is 2.30. The van der Waals surface area contributed by atoms with Crippen LogP contribution in [0.15, 0.2) is 36.5 Å². The molecular formula is C33H41FN6O2. The number of carbonyl (C=O) groups excluding carboxylic acids is 1. The number of nitrogens with two attached hydrogens (primary N) is 1. The summed E-state index contributed by atoms with van der Waals surface area (Å²) in [6.07, 6.45) is 7.44. The van der Waals surface area contributed by atoms with Crippen molar-refractivity contribution >= 4 is 22.3 Å². The number of halogens is 1. The number of nitrogens with zero attached hydrogens (tertiary/aromatic N) is 5. The van der Waals surface area contributed by atoms with Crippen LogP contribution in [-0.4, -0.2) is 73.4 Å². The second kappa shape index (κ2) is 10.8. The SMILES string of the molecule is Cc1c(-c2cc3cc(F)cc(C4CCN(C(C)O)CC4)c3n2CC2CC2)nn2cc(C(=O)N3CCC[C@@H](N)C3)ccc12. The molecule has 1 unspecified atom stereocenters. The van der Waals surface area contributed by atoms with Crippen LogP contribution in [0.3, 0.4) is 0 Å². The van der Waals surface area contributed by atoms with Crippen LogP contribution in [0.2, 0.25) is 0 Å². The van der Waals surface area contributed by atoms with E-state index in [0.29, 0.717) is 18.0 Å². The number of amides is 1. The number of likely N-dealkylation sites (tertiary alicyclic amines) is 2. The number of aliphatic hydroxyl groups is 1. The molecule has 4 aromatic rings. The second-order valence-electron chi connectivity index (χ2n) is 12.8. The third kappa shape index (κ3) is 5.01. The van der Waals surface area contributed by atoms with E-state index in [0.717, 1.165) is 90.8 Å². The lowest BCUT2D eigenvalue weighted by molar-refractivity contribution is 0.00310. The molecule has 3 N–H and O–H groups in total. The number of pyridine rings is 1. The molecular weight excluding hydrogens is 531 g/mol. The summed E-state index contributed by atoms with van der Waals surface area (Å²) in [5.74, 6) is 0.633. The minimum atomic E-state index is -0.463. The van der Waals surface area contributed by atoms with Crippen molar-refractivity contribution in [2.24, 2.45) is 11.7 Å². The first-order chi connectivity index (χ1) is 20.3. The molecule has 2 aliphatic heterocycles. The summed E-state index contributed by atoms with van der Waals surface area (Å²) < 4.78 is 19.3. The van der Waals surface area contributed by atoms with Crippen molar-refractivity contribution in [1.29, 1.82) is 0 Å². The number of aliphatic hydroxyl groups excluding tert-OH is 1. The molecule has 1 saturated carbocycles. The third-order valence-electron chi connectivity index (χ3n) is 9.73. The van der Waals surface area contributed by atoms with Crippen molar-refractivity contribution in [3.63, 3.8) is 0 Å². The smallest absolute Gasteiger partial charge is 0.255 e. The molecule has 3 aliphatic rings. The molecule has 1 aromatic carbocycles. The molecule has 3 fully saturated rings. The predicted molar refractivity (Wildman–Crippen MR) is 162 cm³/mol. The van der Waals surface area contributed by atoms with Crippen LogP contribution in [0.5, 0.6) is 0 Å².